The number of amides is 1. The number of sulfonamides is 1. The van der Waals surface area contributed by atoms with E-state index < -0.39 is 26.6 Å². The molecule has 164 valence electrons. The number of carbonyl (C=O) groups is 1. The summed E-state index contributed by atoms with van der Waals surface area (Å²) < 4.78 is 44.1. The monoisotopic (exact) mass is 465 g/mol. The topological polar surface area (TPSA) is 120 Å². The van der Waals surface area contributed by atoms with E-state index in [4.69, 9.17) is 17.3 Å². The number of nitrogens with one attached hydrogen (secondary N) is 1. The summed E-state index contributed by atoms with van der Waals surface area (Å²) in [6.07, 6.45) is 0. The zero-order valence-corrected chi connectivity index (χ0v) is 18.8. The summed E-state index contributed by atoms with van der Waals surface area (Å²) >= 11 is 5.89. The van der Waals surface area contributed by atoms with Crippen LogP contribution in [0.1, 0.15) is 37.0 Å². The van der Waals surface area contributed by atoms with Crippen molar-refractivity contribution in [3.05, 3.63) is 58.6 Å². The number of rotatable bonds is 5. The number of aromatic nitrogens is 3. The Labute approximate surface area is 184 Å². The average molecular weight is 466 g/mol. The molecular formula is C20H21ClFN5O3S. The molecule has 1 aromatic heterocycles. The van der Waals surface area contributed by atoms with E-state index in [1.54, 1.807) is 12.1 Å². The third kappa shape index (κ3) is 4.54. The zero-order chi connectivity index (χ0) is 23.1. The number of nitrogens with two attached hydrogens (primary N) is 1. The van der Waals surface area contributed by atoms with Gasteiger partial charge in [-0.1, -0.05) is 44.5 Å². The maximum Gasteiger partial charge on any atom is 0.286 e. The molecule has 2 aromatic carbocycles. The van der Waals surface area contributed by atoms with Gasteiger partial charge in [0.1, 0.15) is 10.7 Å². The van der Waals surface area contributed by atoms with Crippen molar-refractivity contribution in [3.63, 3.8) is 0 Å². The number of halogens is 2. The third-order valence-corrected chi connectivity index (χ3v) is 6.36. The van der Waals surface area contributed by atoms with Crippen molar-refractivity contribution in [3.8, 4) is 11.4 Å². The van der Waals surface area contributed by atoms with Crippen LogP contribution in [0.3, 0.4) is 0 Å². The van der Waals surface area contributed by atoms with Gasteiger partial charge in [0.15, 0.2) is 5.82 Å². The first kappa shape index (κ1) is 22.7. The van der Waals surface area contributed by atoms with Crippen LogP contribution in [0.2, 0.25) is 5.02 Å². The minimum absolute atomic E-state index is 0.0147. The molecule has 1 amide bonds. The van der Waals surface area contributed by atoms with E-state index in [0.717, 1.165) is 17.7 Å². The molecule has 0 bridgehead atoms. The van der Waals surface area contributed by atoms with Crippen LogP contribution in [0.5, 0.6) is 0 Å². The average Bonchev–Trinajstić information content (AvgIpc) is 3.04. The normalized spacial score (nSPS) is 12.1. The molecule has 3 N–H and O–H groups in total. The van der Waals surface area contributed by atoms with Gasteiger partial charge in [-0.15, -0.1) is 10.2 Å². The molecule has 1 heterocycles. The molecule has 0 aliphatic heterocycles. The summed E-state index contributed by atoms with van der Waals surface area (Å²) in [6, 6.07) is 8.77. The van der Waals surface area contributed by atoms with Gasteiger partial charge in [0.25, 0.3) is 15.9 Å². The first-order valence-corrected chi connectivity index (χ1v) is 11.0. The molecule has 11 heteroatoms. The minimum Gasteiger partial charge on any atom is -0.363 e. The zero-order valence-electron chi connectivity index (χ0n) is 17.3. The fraction of sp³-hybridized carbons (Fsp3) is 0.250. The second-order valence-electron chi connectivity index (χ2n) is 7.97. The Morgan fingerprint density at radius 3 is 2.29 bits per heavy atom. The Hall–Kier alpha value is -2.98. The first-order valence-electron chi connectivity index (χ1n) is 9.13. The fourth-order valence-electron chi connectivity index (χ4n) is 2.95. The lowest BCUT2D eigenvalue weighted by Gasteiger charge is -2.19. The summed E-state index contributed by atoms with van der Waals surface area (Å²) in [7, 11) is -2.82. The van der Waals surface area contributed by atoms with E-state index >= 15 is 0 Å². The van der Waals surface area contributed by atoms with Crippen LogP contribution in [0.15, 0.2) is 41.3 Å². The second-order valence-corrected chi connectivity index (χ2v) is 10.0. The number of anilines is 1. The van der Waals surface area contributed by atoms with Crippen molar-refractivity contribution in [2.45, 2.75) is 31.1 Å². The molecule has 3 rings (SSSR count). The number of hydrogen-bond acceptors (Lipinski definition) is 5. The lowest BCUT2D eigenvalue weighted by molar-refractivity contribution is 0.0987. The first-order chi connectivity index (χ1) is 14.3. The number of primary amides is 1. The van der Waals surface area contributed by atoms with E-state index in [1.807, 2.05) is 32.9 Å². The molecule has 0 saturated carbocycles. The maximum atomic E-state index is 14.2. The fourth-order valence-corrected chi connectivity index (χ4v) is 4.37. The van der Waals surface area contributed by atoms with Crippen molar-refractivity contribution in [1.82, 2.24) is 14.8 Å². The molecule has 3 aromatic rings. The SMILES string of the molecule is Cn1c(C(N)=O)nnc1-c1cc(Cl)c(F)cc1S(=O)(=O)Nc1ccc(C(C)(C)C)cc1. The number of carbonyl (C=O) groups excluding carboxylic acids is 1. The van der Waals surface area contributed by atoms with Crippen molar-refractivity contribution in [1.29, 1.82) is 0 Å². The molecule has 0 aliphatic carbocycles. The van der Waals surface area contributed by atoms with E-state index in [2.05, 4.69) is 14.9 Å². The number of nitrogens with zero attached hydrogens (tertiary/aromatic N) is 3. The highest BCUT2D eigenvalue weighted by Gasteiger charge is 2.26. The van der Waals surface area contributed by atoms with E-state index in [0.29, 0.717) is 5.69 Å². The van der Waals surface area contributed by atoms with Gasteiger partial charge in [0.2, 0.25) is 5.82 Å². The van der Waals surface area contributed by atoms with Crippen molar-refractivity contribution in [2.75, 3.05) is 4.72 Å². The largest absolute Gasteiger partial charge is 0.363 e. The number of benzene rings is 2. The van der Waals surface area contributed by atoms with Gasteiger partial charge < -0.3 is 10.3 Å². The molecule has 0 radical (unpaired) electrons. The van der Waals surface area contributed by atoms with Gasteiger partial charge in [-0.3, -0.25) is 9.52 Å². The van der Waals surface area contributed by atoms with Gasteiger partial charge in [0, 0.05) is 18.3 Å². The molecule has 8 nitrogen and oxygen atoms in total. The highest BCUT2D eigenvalue weighted by Crippen LogP contribution is 2.32. The van der Waals surface area contributed by atoms with Crippen LogP contribution in [0.4, 0.5) is 10.1 Å². The molecule has 0 saturated heterocycles. The third-order valence-electron chi connectivity index (χ3n) is 4.65. The lowest BCUT2D eigenvalue weighted by Crippen LogP contribution is -2.18. The van der Waals surface area contributed by atoms with Crippen LogP contribution in [-0.4, -0.2) is 29.1 Å². The molecule has 31 heavy (non-hydrogen) atoms. The quantitative estimate of drug-likeness (QED) is 0.597. The summed E-state index contributed by atoms with van der Waals surface area (Å²) in [4.78, 5) is 11.1. The Kier molecular flexibility index (Phi) is 5.81. The highest BCUT2D eigenvalue weighted by atomic mass is 35.5. The summed E-state index contributed by atoms with van der Waals surface area (Å²) in [5.41, 5.74) is 6.43. The standard InChI is InChI=1S/C20H21ClFN5O3S/c1-20(2,3)11-5-7-12(8-6-11)26-31(29,30)16-10-15(22)14(21)9-13(16)18-24-25-19(17(23)28)27(18)4/h5-10,26H,1-4H3,(H2,23,28). The van der Waals surface area contributed by atoms with E-state index in [-0.39, 0.29) is 27.6 Å². The Morgan fingerprint density at radius 2 is 1.77 bits per heavy atom. The summed E-state index contributed by atoms with van der Waals surface area (Å²) in [6.45, 7) is 6.11. The van der Waals surface area contributed by atoms with Gasteiger partial charge in [-0.05, 0) is 35.2 Å². The van der Waals surface area contributed by atoms with E-state index in [1.165, 1.54) is 11.6 Å². The van der Waals surface area contributed by atoms with Gasteiger partial charge >= 0.3 is 0 Å². The Morgan fingerprint density at radius 1 is 1.16 bits per heavy atom. The van der Waals surface area contributed by atoms with Crippen LogP contribution in [0, 0.1) is 5.82 Å². The van der Waals surface area contributed by atoms with Crippen molar-refractivity contribution < 1.29 is 17.6 Å². The van der Waals surface area contributed by atoms with Crippen LogP contribution in [-0.2, 0) is 22.5 Å². The maximum absolute atomic E-state index is 14.2. The summed E-state index contributed by atoms with van der Waals surface area (Å²) in [5.74, 6) is -1.98. The van der Waals surface area contributed by atoms with Crippen molar-refractivity contribution in [2.24, 2.45) is 12.8 Å². The summed E-state index contributed by atoms with van der Waals surface area (Å²) in [5, 5.41) is 7.19. The van der Waals surface area contributed by atoms with Crippen molar-refractivity contribution >= 4 is 33.2 Å². The number of hydrogen-bond donors (Lipinski definition) is 2. The molecular weight excluding hydrogens is 445 g/mol. The smallest absolute Gasteiger partial charge is 0.286 e. The molecule has 0 spiro atoms. The van der Waals surface area contributed by atoms with Gasteiger partial charge in [-0.25, -0.2) is 12.8 Å². The minimum atomic E-state index is -4.25. The van der Waals surface area contributed by atoms with Gasteiger partial charge in [0.05, 0.1) is 5.02 Å². The molecule has 0 aliphatic rings. The second kappa shape index (κ2) is 7.93. The molecule has 0 fully saturated rings. The van der Waals surface area contributed by atoms with E-state index in [9.17, 15) is 17.6 Å². The van der Waals surface area contributed by atoms with Crippen LogP contribution >= 0.6 is 11.6 Å². The Balaban J connectivity index is 2.09. The Bertz CT molecular complexity index is 1270. The van der Waals surface area contributed by atoms with Crippen LogP contribution in [0.25, 0.3) is 11.4 Å². The predicted octanol–water partition coefficient (Wildman–Crippen LogP) is 3.47. The molecule has 0 atom stereocenters. The predicted molar refractivity (Wildman–Crippen MR) is 116 cm³/mol. The molecule has 0 unspecified atom stereocenters. The van der Waals surface area contributed by atoms with Gasteiger partial charge in [-0.2, -0.15) is 0 Å². The highest BCUT2D eigenvalue weighted by molar-refractivity contribution is 7.92. The lowest BCUT2D eigenvalue weighted by atomic mass is 9.87. The van der Waals surface area contributed by atoms with Crippen LogP contribution < -0.4 is 10.5 Å².